The molecule has 0 aliphatic carbocycles. The summed E-state index contributed by atoms with van der Waals surface area (Å²) in [5, 5.41) is 9.89. The molecule has 0 atom stereocenters. The molecule has 0 spiro atoms. The van der Waals surface area contributed by atoms with Crippen LogP contribution < -0.4 is 30.7 Å². The predicted octanol–water partition coefficient (Wildman–Crippen LogP) is 5.30. The van der Waals surface area contributed by atoms with E-state index in [2.05, 4.69) is 45.6 Å². The Kier molecular flexibility index (Phi) is 7.39. The van der Waals surface area contributed by atoms with Crippen molar-refractivity contribution in [3.05, 3.63) is 72.8 Å². The normalized spacial score (nSPS) is 10.5. The summed E-state index contributed by atoms with van der Waals surface area (Å²) in [4.78, 5) is 20.0. The Morgan fingerprint density at radius 1 is 0.389 bits per heavy atom. The molecule has 0 bridgehead atoms. The topological polar surface area (TPSA) is 84.5 Å². The zero-order chi connectivity index (χ0) is 25.7. The lowest BCUT2D eigenvalue weighted by atomic mass is 10.2. The Morgan fingerprint density at radius 2 is 0.611 bits per heavy atom. The highest BCUT2D eigenvalue weighted by atomic mass is 15.3. The van der Waals surface area contributed by atoms with E-state index in [-0.39, 0.29) is 0 Å². The van der Waals surface area contributed by atoms with Crippen LogP contribution >= 0.6 is 0 Å². The first-order valence-corrected chi connectivity index (χ1v) is 11.7. The Labute approximate surface area is 212 Å². The third-order valence-corrected chi connectivity index (χ3v) is 5.55. The van der Waals surface area contributed by atoms with Crippen molar-refractivity contribution in [1.82, 2.24) is 15.0 Å². The number of anilines is 9. The van der Waals surface area contributed by atoms with Crippen molar-refractivity contribution in [2.75, 3.05) is 72.9 Å². The van der Waals surface area contributed by atoms with Gasteiger partial charge >= 0.3 is 0 Å². The molecule has 1 heterocycles. The molecular formula is C27H33N9. The van der Waals surface area contributed by atoms with Crippen molar-refractivity contribution in [3.8, 4) is 0 Å². The summed E-state index contributed by atoms with van der Waals surface area (Å²) in [6, 6.07) is 24.2. The molecule has 0 radical (unpaired) electrons. The molecule has 0 saturated carbocycles. The van der Waals surface area contributed by atoms with Gasteiger partial charge in [-0.05, 0) is 72.8 Å². The largest absolute Gasteiger partial charge is 0.378 e. The van der Waals surface area contributed by atoms with Crippen LogP contribution in [0, 0.1) is 0 Å². The Hall–Kier alpha value is -4.53. The smallest absolute Gasteiger partial charge is 0.233 e. The number of aromatic nitrogens is 3. The molecule has 0 saturated heterocycles. The highest BCUT2D eigenvalue weighted by molar-refractivity contribution is 5.65. The van der Waals surface area contributed by atoms with Gasteiger partial charge in [-0.2, -0.15) is 15.0 Å². The van der Waals surface area contributed by atoms with E-state index in [0.717, 1.165) is 34.1 Å². The molecule has 186 valence electrons. The van der Waals surface area contributed by atoms with Crippen molar-refractivity contribution in [2.24, 2.45) is 0 Å². The van der Waals surface area contributed by atoms with Crippen molar-refractivity contribution in [2.45, 2.75) is 0 Å². The van der Waals surface area contributed by atoms with Crippen LogP contribution in [-0.2, 0) is 0 Å². The molecule has 0 fully saturated rings. The summed E-state index contributed by atoms with van der Waals surface area (Å²) in [5.41, 5.74) is 5.99. The lowest BCUT2D eigenvalue weighted by Crippen LogP contribution is -2.10. The van der Waals surface area contributed by atoms with Crippen LogP contribution in [0.1, 0.15) is 0 Å². The van der Waals surface area contributed by atoms with E-state index in [1.54, 1.807) is 0 Å². The Balaban J connectivity index is 1.61. The average Bonchev–Trinajstić information content (AvgIpc) is 2.85. The minimum atomic E-state index is 0.433. The average molecular weight is 484 g/mol. The SMILES string of the molecule is CN(C)c1ccc(Nc2nc(Nc3ccc(N(C)C)cc3)nc(Nc3ccc(N(C)C)cc3)n2)cc1. The van der Waals surface area contributed by atoms with Gasteiger partial charge in [0.05, 0.1) is 0 Å². The maximum absolute atomic E-state index is 4.61. The molecular weight excluding hydrogens is 450 g/mol. The Morgan fingerprint density at radius 3 is 0.806 bits per heavy atom. The van der Waals surface area contributed by atoms with E-state index >= 15 is 0 Å². The summed E-state index contributed by atoms with van der Waals surface area (Å²) < 4.78 is 0. The van der Waals surface area contributed by atoms with Crippen molar-refractivity contribution >= 4 is 52.0 Å². The Bertz CT molecular complexity index is 1090. The van der Waals surface area contributed by atoms with Crippen LogP contribution in [0.15, 0.2) is 72.8 Å². The zero-order valence-corrected chi connectivity index (χ0v) is 21.6. The van der Waals surface area contributed by atoms with Gasteiger partial charge < -0.3 is 30.7 Å². The zero-order valence-electron chi connectivity index (χ0n) is 21.6. The number of hydrogen-bond donors (Lipinski definition) is 3. The van der Waals surface area contributed by atoms with Gasteiger partial charge in [0.2, 0.25) is 17.8 Å². The minimum absolute atomic E-state index is 0.433. The van der Waals surface area contributed by atoms with Gasteiger partial charge in [-0.15, -0.1) is 0 Å². The predicted molar refractivity (Wildman–Crippen MR) is 152 cm³/mol. The molecule has 3 aromatic carbocycles. The number of nitrogens with one attached hydrogen (secondary N) is 3. The molecule has 1 aromatic heterocycles. The van der Waals surface area contributed by atoms with Gasteiger partial charge in [0.1, 0.15) is 0 Å². The molecule has 0 aliphatic rings. The van der Waals surface area contributed by atoms with E-state index in [4.69, 9.17) is 0 Å². The molecule has 0 aliphatic heterocycles. The maximum atomic E-state index is 4.61. The lowest BCUT2D eigenvalue weighted by Gasteiger charge is -2.15. The van der Waals surface area contributed by atoms with Crippen LogP contribution in [0.4, 0.5) is 52.0 Å². The van der Waals surface area contributed by atoms with E-state index in [0.29, 0.717) is 17.8 Å². The minimum Gasteiger partial charge on any atom is -0.378 e. The van der Waals surface area contributed by atoms with Gasteiger partial charge in [-0.3, -0.25) is 0 Å². The standard InChI is InChI=1S/C27H33N9/c1-34(2)22-13-7-19(8-14-22)28-25-31-26(29-20-9-15-23(16-10-20)35(3)4)33-27(32-25)30-21-11-17-24(18-12-21)36(5)6/h7-18H,1-6H3,(H3,28,29,30,31,32,33). The lowest BCUT2D eigenvalue weighted by molar-refractivity contribution is 1.06. The fourth-order valence-corrected chi connectivity index (χ4v) is 3.46. The molecule has 3 N–H and O–H groups in total. The van der Waals surface area contributed by atoms with Gasteiger partial charge in [-0.1, -0.05) is 0 Å². The van der Waals surface area contributed by atoms with E-state index < -0.39 is 0 Å². The van der Waals surface area contributed by atoms with Crippen molar-refractivity contribution < 1.29 is 0 Å². The highest BCUT2D eigenvalue weighted by Crippen LogP contribution is 2.24. The van der Waals surface area contributed by atoms with Gasteiger partial charge in [0, 0.05) is 76.4 Å². The van der Waals surface area contributed by atoms with Crippen molar-refractivity contribution in [1.29, 1.82) is 0 Å². The number of hydrogen-bond acceptors (Lipinski definition) is 9. The number of benzene rings is 3. The van der Waals surface area contributed by atoms with Gasteiger partial charge in [0.15, 0.2) is 0 Å². The summed E-state index contributed by atoms with van der Waals surface area (Å²) >= 11 is 0. The summed E-state index contributed by atoms with van der Waals surface area (Å²) in [7, 11) is 12.1. The molecule has 0 amide bonds. The fourth-order valence-electron chi connectivity index (χ4n) is 3.46. The summed E-state index contributed by atoms with van der Waals surface area (Å²) in [5.74, 6) is 1.30. The highest BCUT2D eigenvalue weighted by Gasteiger charge is 2.09. The van der Waals surface area contributed by atoms with Gasteiger partial charge in [-0.25, -0.2) is 0 Å². The molecule has 4 rings (SSSR count). The summed E-state index contributed by atoms with van der Waals surface area (Å²) in [6.45, 7) is 0. The van der Waals surface area contributed by atoms with Crippen LogP contribution in [0.3, 0.4) is 0 Å². The van der Waals surface area contributed by atoms with Crippen LogP contribution in [0.5, 0.6) is 0 Å². The quantitative estimate of drug-likeness (QED) is 0.294. The summed E-state index contributed by atoms with van der Waals surface area (Å²) in [6.07, 6.45) is 0. The number of rotatable bonds is 9. The van der Waals surface area contributed by atoms with E-state index in [1.807, 2.05) is 115 Å². The molecule has 4 aromatic rings. The molecule has 0 unspecified atom stereocenters. The van der Waals surface area contributed by atoms with Crippen LogP contribution in [-0.4, -0.2) is 57.2 Å². The monoisotopic (exact) mass is 483 g/mol. The first-order chi connectivity index (χ1) is 17.3. The second-order valence-corrected chi connectivity index (χ2v) is 9.01. The van der Waals surface area contributed by atoms with Crippen LogP contribution in [0.2, 0.25) is 0 Å². The number of nitrogens with zero attached hydrogens (tertiary/aromatic N) is 6. The van der Waals surface area contributed by atoms with Crippen molar-refractivity contribution in [3.63, 3.8) is 0 Å². The maximum Gasteiger partial charge on any atom is 0.233 e. The first kappa shape index (κ1) is 24.6. The second-order valence-electron chi connectivity index (χ2n) is 9.01. The first-order valence-electron chi connectivity index (χ1n) is 11.7. The molecule has 9 nitrogen and oxygen atoms in total. The molecule has 36 heavy (non-hydrogen) atoms. The van der Waals surface area contributed by atoms with Crippen LogP contribution in [0.25, 0.3) is 0 Å². The third kappa shape index (κ3) is 6.32. The fraction of sp³-hybridized carbons (Fsp3) is 0.222. The third-order valence-electron chi connectivity index (χ3n) is 5.55. The second kappa shape index (κ2) is 10.8. The van der Waals surface area contributed by atoms with E-state index in [1.165, 1.54) is 0 Å². The van der Waals surface area contributed by atoms with E-state index in [9.17, 15) is 0 Å². The molecule has 9 heteroatoms. The van der Waals surface area contributed by atoms with Gasteiger partial charge in [0.25, 0.3) is 0 Å².